The molecular weight excluding hydrogens is 271 g/mol. The van der Waals surface area contributed by atoms with Crippen molar-refractivity contribution in [3.63, 3.8) is 0 Å². The second-order valence-electron chi connectivity index (χ2n) is 4.60. The quantitative estimate of drug-likeness (QED) is 0.917. The number of anilines is 2. The van der Waals surface area contributed by atoms with Gasteiger partial charge in [-0.05, 0) is 6.54 Å². The summed E-state index contributed by atoms with van der Waals surface area (Å²) in [5.74, 6) is -0.593. The van der Waals surface area contributed by atoms with Gasteiger partial charge in [-0.15, -0.1) is 0 Å². The van der Waals surface area contributed by atoms with Crippen molar-refractivity contribution in [2.24, 2.45) is 0 Å². The summed E-state index contributed by atoms with van der Waals surface area (Å²) >= 11 is 0. The van der Waals surface area contributed by atoms with Crippen molar-refractivity contribution in [1.82, 2.24) is 14.9 Å². The molecule has 112 valence electrons. The summed E-state index contributed by atoms with van der Waals surface area (Å²) in [6.45, 7) is 6.03. The van der Waals surface area contributed by atoms with Crippen LogP contribution in [0.5, 0.6) is 0 Å². The highest BCUT2D eigenvalue weighted by Gasteiger charge is 2.36. The number of piperazine rings is 1. The molecule has 0 unspecified atom stereocenters. The molecule has 1 saturated heterocycles. The van der Waals surface area contributed by atoms with Gasteiger partial charge in [-0.1, -0.05) is 6.92 Å². The van der Waals surface area contributed by atoms with E-state index in [0.29, 0.717) is 18.9 Å². The van der Waals surface area contributed by atoms with Gasteiger partial charge in [-0.2, -0.15) is 13.2 Å². The number of aromatic nitrogens is 2. The lowest BCUT2D eigenvalue weighted by atomic mass is 10.3. The molecule has 5 nitrogen and oxygen atoms in total. The first-order chi connectivity index (χ1) is 9.44. The molecule has 0 bridgehead atoms. The van der Waals surface area contributed by atoms with Crippen LogP contribution in [-0.4, -0.2) is 54.6 Å². The Labute approximate surface area is 115 Å². The molecule has 0 aromatic carbocycles. The maximum atomic E-state index is 12.8. The van der Waals surface area contributed by atoms with E-state index in [0.717, 1.165) is 19.6 Å². The lowest BCUT2D eigenvalue weighted by Gasteiger charge is -2.35. The first kappa shape index (κ1) is 14.8. The third-order valence-electron chi connectivity index (χ3n) is 3.37. The molecule has 0 saturated carbocycles. The number of hydrogen-bond donors (Lipinski definition) is 1. The largest absolute Gasteiger partial charge is 0.451 e. The molecule has 1 fully saturated rings. The van der Waals surface area contributed by atoms with Crippen LogP contribution in [0, 0.1) is 0 Å². The first-order valence-electron chi connectivity index (χ1n) is 6.55. The van der Waals surface area contributed by atoms with Crippen LogP contribution in [0.2, 0.25) is 0 Å². The third kappa shape index (κ3) is 3.30. The minimum absolute atomic E-state index is 0.181. The standard InChI is InChI=1S/C12H18F3N5/c1-3-19-4-6-20(7-5-19)10-8-9(16-2)17-11(18-10)12(13,14)15/h8H,3-7H2,1-2H3,(H,16,17,18). The number of hydrogen-bond acceptors (Lipinski definition) is 5. The van der Waals surface area contributed by atoms with Crippen molar-refractivity contribution in [3.05, 3.63) is 11.9 Å². The minimum Gasteiger partial charge on any atom is -0.373 e. The van der Waals surface area contributed by atoms with Crippen LogP contribution in [0.25, 0.3) is 0 Å². The zero-order valence-electron chi connectivity index (χ0n) is 11.5. The summed E-state index contributed by atoms with van der Waals surface area (Å²) in [4.78, 5) is 11.2. The van der Waals surface area contributed by atoms with Crippen LogP contribution in [0.1, 0.15) is 12.7 Å². The summed E-state index contributed by atoms with van der Waals surface area (Å²) in [6, 6.07) is 1.55. The maximum absolute atomic E-state index is 12.8. The van der Waals surface area contributed by atoms with E-state index in [9.17, 15) is 13.2 Å². The van der Waals surface area contributed by atoms with E-state index in [2.05, 4.69) is 27.1 Å². The average molecular weight is 289 g/mol. The minimum atomic E-state index is -4.53. The Bertz CT molecular complexity index is 455. The molecule has 1 N–H and O–H groups in total. The normalized spacial score (nSPS) is 17.4. The van der Waals surface area contributed by atoms with E-state index in [1.165, 1.54) is 0 Å². The van der Waals surface area contributed by atoms with Gasteiger partial charge in [0.25, 0.3) is 0 Å². The molecule has 0 aliphatic carbocycles. The van der Waals surface area contributed by atoms with Gasteiger partial charge in [0.2, 0.25) is 5.82 Å². The molecule has 0 radical (unpaired) electrons. The predicted octanol–water partition coefficient (Wildman–Crippen LogP) is 1.68. The number of rotatable bonds is 3. The summed E-state index contributed by atoms with van der Waals surface area (Å²) in [7, 11) is 1.54. The third-order valence-corrected chi connectivity index (χ3v) is 3.37. The number of likely N-dealkylation sites (N-methyl/N-ethyl adjacent to an activating group) is 1. The van der Waals surface area contributed by atoms with Gasteiger partial charge in [0.1, 0.15) is 11.6 Å². The second-order valence-corrected chi connectivity index (χ2v) is 4.60. The Kier molecular flexibility index (Phi) is 4.32. The Morgan fingerprint density at radius 1 is 1.20 bits per heavy atom. The molecule has 1 aromatic heterocycles. The van der Waals surface area contributed by atoms with E-state index in [-0.39, 0.29) is 5.82 Å². The summed E-state index contributed by atoms with van der Waals surface area (Å²) < 4.78 is 38.4. The van der Waals surface area contributed by atoms with E-state index >= 15 is 0 Å². The fourth-order valence-corrected chi connectivity index (χ4v) is 2.14. The number of alkyl halides is 3. The van der Waals surface area contributed by atoms with Gasteiger partial charge in [0, 0.05) is 39.3 Å². The van der Waals surface area contributed by atoms with E-state index < -0.39 is 12.0 Å². The molecule has 0 atom stereocenters. The molecule has 2 rings (SSSR count). The van der Waals surface area contributed by atoms with Crippen LogP contribution in [0.4, 0.5) is 24.8 Å². The highest BCUT2D eigenvalue weighted by Crippen LogP contribution is 2.29. The molecule has 1 aliphatic rings. The van der Waals surface area contributed by atoms with Gasteiger partial charge in [-0.3, -0.25) is 0 Å². The molecular formula is C12H18F3N5. The fourth-order valence-electron chi connectivity index (χ4n) is 2.14. The van der Waals surface area contributed by atoms with Crippen LogP contribution >= 0.6 is 0 Å². The molecule has 20 heavy (non-hydrogen) atoms. The SMILES string of the molecule is CCN1CCN(c2cc(NC)nc(C(F)(F)F)n2)CC1. The molecule has 1 aliphatic heterocycles. The van der Waals surface area contributed by atoms with Crippen LogP contribution in [-0.2, 0) is 6.18 Å². The Hall–Kier alpha value is -1.57. The smallest absolute Gasteiger partial charge is 0.373 e. The van der Waals surface area contributed by atoms with Crippen molar-refractivity contribution >= 4 is 11.6 Å². The maximum Gasteiger partial charge on any atom is 0.451 e. The summed E-state index contributed by atoms with van der Waals surface area (Å²) in [5, 5.41) is 2.65. The number of halogens is 3. The highest BCUT2D eigenvalue weighted by atomic mass is 19.4. The fraction of sp³-hybridized carbons (Fsp3) is 0.667. The van der Waals surface area contributed by atoms with Crippen LogP contribution in [0.15, 0.2) is 6.07 Å². The molecule has 8 heteroatoms. The number of nitrogens with zero attached hydrogens (tertiary/aromatic N) is 4. The predicted molar refractivity (Wildman–Crippen MR) is 70.9 cm³/mol. The van der Waals surface area contributed by atoms with E-state index in [1.54, 1.807) is 13.1 Å². The zero-order valence-corrected chi connectivity index (χ0v) is 11.5. The van der Waals surface area contributed by atoms with E-state index in [4.69, 9.17) is 0 Å². The van der Waals surface area contributed by atoms with E-state index in [1.807, 2.05) is 4.90 Å². The Morgan fingerprint density at radius 3 is 2.35 bits per heavy atom. The van der Waals surface area contributed by atoms with Crippen molar-refractivity contribution in [2.75, 3.05) is 50.0 Å². The Balaban J connectivity index is 2.23. The van der Waals surface area contributed by atoms with Gasteiger partial charge in [0.05, 0.1) is 0 Å². The monoisotopic (exact) mass is 289 g/mol. The summed E-state index contributed by atoms with van der Waals surface area (Å²) in [5.41, 5.74) is 0. The molecule has 0 spiro atoms. The summed E-state index contributed by atoms with van der Waals surface area (Å²) in [6.07, 6.45) is -4.53. The van der Waals surface area contributed by atoms with Gasteiger partial charge in [0.15, 0.2) is 0 Å². The molecule has 2 heterocycles. The van der Waals surface area contributed by atoms with Crippen molar-refractivity contribution < 1.29 is 13.2 Å². The Morgan fingerprint density at radius 2 is 1.85 bits per heavy atom. The topological polar surface area (TPSA) is 44.3 Å². The van der Waals surface area contributed by atoms with Gasteiger partial charge >= 0.3 is 6.18 Å². The second kappa shape index (κ2) is 5.82. The molecule has 0 amide bonds. The van der Waals surface area contributed by atoms with Crippen LogP contribution < -0.4 is 10.2 Å². The highest BCUT2D eigenvalue weighted by molar-refractivity contribution is 5.49. The van der Waals surface area contributed by atoms with Crippen molar-refractivity contribution in [1.29, 1.82) is 0 Å². The lowest BCUT2D eigenvalue weighted by Crippen LogP contribution is -2.46. The van der Waals surface area contributed by atoms with Crippen molar-refractivity contribution in [2.45, 2.75) is 13.1 Å². The number of nitrogens with one attached hydrogen (secondary N) is 1. The van der Waals surface area contributed by atoms with Gasteiger partial charge in [-0.25, -0.2) is 9.97 Å². The van der Waals surface area contributed by atoms with Crippen molar-refractivity contribution in [3.8, 4) is 0 Å². The first-order valence-corrected chi connectivity index (χ1v) is 6.55. The molecule has 1 aromatic rings. The lowest BCUT2D eigenvalue weighted by molar-refractivity contribution is -0.144. The van der Waals surface area contributed by atoms with Gasteiger partial charge < -0.3 is 15.1 Å². The average Bonchev–Trinajstić information content (AvgIpc) is 2.46. The zero-order chi connectivity index (χ0) is 14.8. The van der Waals surface area contributed by atoms with Crippen LogP contribution in [0.3, 0.4) is 0 Å².